The summed E-state index contributed by atoms with van der Waals surface area (Å²) in [6.07, 6.45) is 5.12. The van der Waals surface area contributed by atoms with Crippen LogP contribution in [-0.4, -0.2) is 75.2 Å². The highest BCUT2D eigenvalue weighted by Crippen LogP contribution is 2.32. The molecule has 0 bridgehead atoms. The van der Waals surface area contributed by atoms with Gasteiger partial charge in [-0.2, -0.15) is 11.8 Å². The third-order valence-corrected chi connectivity index (χ3v) is 6.34. The van der Waals surface area contributed by atoms with Crippen molar-refractivity contribution in [3.8, 4) is 0 Å². The molecule has 1 aliphatic heterocycles. The van der Waals surface area contributed by atoms with Crippen molar-refractivity contribution in [2.24, 2.45) is 4.99 Å². The fraction of sp³-hybridized carbons (Fsp3) is 0.600. The van der Waals surface area contributed by atoms with E-state index in [1.807, 2.05) is 30.0 Å². The van der Waals surface area contributed by atoms with Crippen LogP contribution in [0.15, 0.2) is 29.3 Å². The van der Waals surface area contributed by atoms with Gasteiger partial charge in [0, 0.05) is 57.8 Å². The Labute approximate surface area is 167 Å². The lowest BCUT2D eigenvalue weighted by Gasteiger charge is -2.36. The average Bonchev–Trinajstić information content (AvgIpc) is 2.70. The zero-order valence-corrected chi connectivity index (χ0v) is 17.7. The van der Waals surface area contributed by atoms with Crippen LogP contribution in [0, 0.1) is 0 Å². The molecule has 0 aromatic heterocycles. The molecule has 150 valence electrons. The lowest BCUT2D eigenvalue weighted by Crippen LogP contribution is -2.48. The molecule has 0 unspecified atom stereocenters. The lowest BCUT2D eigenvalue weighted by molar-refractivity contribution is 0.0782. The summed E-state index contributed by atoms with van der Waals surface area (Å²) in [5.74, 6) is 0.844. The molecule has 0 atom stereocenters. The molecule has 2 N–H and O–H groups in total. The summed E-state index contributed by atoms with van der Waals surface area (Å²) in [6.45, 7) is 3.30. The van der Waals surface area contributed by atoms with Crippen LogP contribution in [0.4, 0.5) is 0 Å². The Morgan fingerprint density at radius 1 is 1.30 bits per heavy atom. The first kappa shape index (κ1) is 21.6. The zero-order chi connectivity index (χ0) is 19.7. The summed E-state index contributed by atoms with van der Waals surface area (Å²) in [4.78, 5) is 18.0. The van der Waals surface area contributed by atoms with Crippen molar-refractivity contribution in [1.82, 2.24) is 15.5 Å². The van der Waals surface area contributed by atoms with Crippen LogP contribution in [-0.2, 0) is 11.2 Å². The van der Waals surface area contributed by atoms with Crippen molar-refractivity contribution in [2.45, 2.75) is 24.0 Å². The number of guanidine groups is 1. The van der Waals surface area contributed by atoms with Crippen LogP contribution in [0.25, 0.3) is 0 Å². The standard InChI is InChI=1S/C20H32N4O2S/c1-21-19(23-15-20(27-4)9-12-26-13-10-20)22-11-8-16-6-5-7-17(14-16)18(25)24(2)3/h5-7,14H,8-13,15H2,1-4H3,(H2,21,22,23). The molecule has 6 nitrogen and oxygen atoms in total. The highest BCUT2D eigenvalue weighted by Gasteiger charge is 2.31. The number of carbonyl (C=O) groups is 1. The summed E-state index contributed by atoms with van der Waals surface area (Å²) < 4.78 is 5.72. The highest BCUT2D eigenvalue weighted by atomic mass is 32.2. The van der Waals surface area contributed by atoms with Gasteiger partial charge in [-0.3, -0.25) is 9.79 Å². The topological polar surface area (TPSA) is 66.0 Å². The van der Waals surface area contributed by atoms with E-state index in [9.17, 15) is 4.79 Å². The Morgan fingerprint density at radius 2 is 2.04 bits per heavy atom. The maximum absolute atomic E-state index is 12.1. The minimum Gasteiger partial charge on any atom is -0.381 e. The molecule has 0 spiro atoms. The normalized spacial score (nSPS) is 16.7. The first-order chi connectivity index (χ1) is 13.0. The van der Waals surface area contributed by atoms with Crippen molar-refractivity contribution in [1.29, 1.82) is 0 Å². The van der Waals surface area contributed by atoms with E-state index in [0.717, 1.165) is 62.7 Å². The summed E-state index contributed by atoms with van der Waals surface area (Å²) in [7, 11) is 5.33. The molecule has 1 fully saturated rings. The third kappa shape index (κ3) is 6.43. The number of rotatable bonds is 7. The first-order valence-corrected chi connectivity index (χ1v) is 10.6. The summed E-state index contributed by atoms with van der Waals surface area (Å²) >= 11 is 1.91. The Balaban J connectivity index is 1.83. The fourth-order valence-electron chi connectivity index (χ4n) is 3.11. The van der Waals surface area contributed by atoms with Crippen molar-refractivity contribution in [2.75, 3.05) is 53.7 Å². The van der Waals surface area contributed by atoms with Crippen LogP contribution in [0.3, 0.4) is 0 Å². The maximum atomic E-state index is 12.1. The molecule has 1 heterocycles. The van der Waals surface area contributed by atoms with Crippen molar-refractivity contribution in [3.63, 3.8) is 0 Å². The minimum atomic E-state index is 0.0288. The van der Waals surface area contributed by atoms with Gasteiger partial charge in [-0.15, -0.1) is 0 Å². The number of nitrogens with zero attached hydrogens (tertiary/aromatic N) is 2. The van der Waals surface area contributed by atoms with Crippen LogP contribution < -0.4 is 10.6 Å². The van der Waals surface area contributed by atoms with Crippen LogP contribution in [0.5, 0.6) is 0 Å². The van der Waals surface area contributed by atoms with Crippen molar-refractivity contribution in [3.05, 3.63) is 35.4 Å². The van der Waals surface area contributed by atoms with Gasteiger partial charge in [-0.25, -0.2) is 0 Å². The van der Waals surface area contributed by atoms with Gasteiger partial charge < -0.3 is 20.3 Å². The van der Waals surface area contributed by atoms with Gasteiger partial charge in [-0.05, 0) is 43.2 Å². The molecule has 1 saturated heterocycles. The third-order valence-electron chi connectivity index (χ3n) is 4.92. The molecule has 0 saturated carbocycles. The van der Waals surface area contributed by atoms with E-state index < -0.39 is 0 Å². The van der Waals surface area contributed by atoms with Gasteiger partial charge in [0.25, 0.3) is 5.91 Å². The van der Waals surface area contributed by atoms with Gasteiger partial charge >= 0.3 is 0 Å². The Morgan fingerprint density at radius 3 is 2.67 bits per heavy atom. The number of amides is 1. The van der Waals surface area contributed by atoms with Crippen molar-refractivity contribution < 1.29 is 9.53 Å². The van der Waals surface area contributed by atoms with Gasteiger partial charge in [-0.1, -0.05) is 12.1 Å². The minimum absolute atomic E-state index is 0.0288. The molecule has 0 radical (unpaired) electrons. The number of hydrogen-bond acceptors (Lipinski definition) is 4. The number of ether oxygens (including phenoxy) is 1. The first-order valence-electron chi connectivity index (χ1n) is 9.38. The van der Waals surface area contributed by atoms with Crippen LogP contribution >= 0.6 is 11.8 Å². The molecule has 1 aliphatic rings. The number of hydrogen-bond donors (Lipinski definition) is 2. The molecule has 1 amide bonds. The largest absolute Gasteiger partial charge is 0.381 e. The fourth-order valence-corrected chi connectivity index (χ4v) is 3.90. The maximum Gasteiger partial charge on any atom is 0.253 e. The van der Waals surface area contributed by atoms with E-state index >= 15 is 0 Å². The number of aliphatic imine (C=N–C) groups is 1. The molecule has 2 rings (SSSR count). The second-order valence-corrected chi connectivity index (χ2v) is 8.28. The van der Waals surface area contributed by atoms with Crippen molar-refractivity contribution >= 4 is 23.6 Å². The molecule has 7 heteroatoms. The Bertz CT molecular complexity index is 643. The summed E-state index contributed by atoms with van der Waals surface area (Å²) in [5, 5.41) is 6.84. The molecular formula is C20H32N4O2S. The summed E-state index contributed by atoms with van der Waals surface area (Å²) in [5.41, 5.74) is 1.86. The second-order valence-electron chi connectivity index (χ2n) is 7.00. The number of benzene rings is 1. The SMILES string of the molecule is CN=C(NCCc1cccc(C(=O)N(C)C)c1)NCC1(SC)CCOCC1. The predicted octanol–water partition coefficient (Wildman–Crippen LogP) is 2.01. The smallest absolute Gasteiger partial charge is 0.253 e. The summed E-state index contributed by atoms with van der Waals surface area (Å²) in [6, 6.07) is 7.81. The zero-order valence-electron chi connectivity index (χ0n) is 16.9. The van der Waals surface area contributed by atoms with Gasteiger partial charge in [0.1, 0.15) is 0 Å². The van der Waals surface area contributed by atoms with E-state index in [0.29, 0.717) is 0 Å². The van der Waals surface area contributed by atoms with Gasteiger partial charge in [0.05, 0.1) is 0 Å². The molecular weight excluding hydrogens is 360 g/mol. The molecule has 0 aliphatic carbocycles. The average molecular weight is 393 g/mol. The van der Waals surface area contributed by atoms with E-state index in [1.54, 1.807) is 26.0 Å². The quantitative estimate of drug-likeness (QED) is 0.549. The van der Waals surface area contributed by atoms with E-state index in [-0.39, 0.29) is 10.7 Å². The highest BCUT2D eigenvalue weighted by molar-refractivity contribution is 8.00. The molecule has 1 aromatic carbocycles. The lowest BCUT2D eigenvalue weighted by atomic mass is 9.99. The van der Waals surface area contributed by atoms with Gasteiger partial charge in [0.15, 0.2) is 5.96 Å². The Hall–Kier alpha value is -1.73. The van der Waals surface area contributed by atoms with E-state index in [1.165, 1.54) is 0 Å². The molecule has 27 heavy (non-hydrogen) atoms. The molecule has 1 aromatic rings. The predicted molar refractivity (Wildman–Crippen MR) is 114 cm³/mol. The second kappa shape index (κ2) is 10.6. The van der Waals surface area contributed by atoms with Crippen LogP contribution in [0.1, 0.15) is 28.8 Å². The number of nitrogens with one attached hydrogen (secondary N) is 2. The monoisotopic (exact) mass is 392 g/mol. The van der Waals surface area contributed by atoms with E-state index in [4.69, 9.17) is 4.74 Å². The van der Waals surface area contributed by atoms with Gasteiger partial charge in [0.2, 0.25) is 0 Å². The Kier molecular flexibility index (Phi) is 8.44. The number of carbonyl (C=O) groups excluding carboxylic acids is 1. The number of thioether (sulfide) groups is 1. The van der Waals surface area contributed by atoms with Crippen LogP contribution in [0.2, 0.25) is 0 Å². The van der Waals surface area contributed by atoms with E-state index in [2.05, 4.69) is 27.9 Å².